The molecule has 0 amide bonds. The van der Waals surface area contributed by atoms with Crippen LogP contribution in [0, 0.1) is 0 Å². The minimum atomic E-state index is -0.952. The quantitative estimate of drug-likeness (QED) is 0.903. The highest BCUT2D eigenvalue weighted by Gasteiger charge is 2.38. The maximum atomic E-state index is 11.0. The van der Waals surface area contributed by atoms with Gasteiger partial charge in [0.1, 0.15) is 5.82 Å². The molecule has 1 saturated carbocycles. The Balaban J connectivity index is 1.99. The maximum Gasteiger partial charge on any atom is 0.337 e. The Morgan fingerprint density at radius 1 is 1.47 bits per heavy atom. The van der Waals surface area contributed by atoms with Crippen LogP contribution in [0.25, 0.3) is 5.65 Å². The van der Waals surface area contributed by atoms with Crippen LogP contribution in [0.1, 0.15) is 35.4 Å². The molecule has 2 heterocycles. The van der Waals surface area contributed by atoms with E-state index in [2.05, 4.69) is 10.2 Å². The van der Waals surface area contributed by atoms with Crippen molar-refractivity contribution in [3.8, 4) is 0 Å². The monoisotopic (exact) mass is 261 g/mol. The molecular weight excluding hydrogens is 246 g/mol. The molecule has 6 heteroatoms. The van der Waals surface area contributed by atoms with E-state index in [1.165, 1.54) is 6.07 Å². The SMILES string of the molecule is COC1(Cc2nnc3ccc(C(=O)O)cn23)CCC1. The van der Waals surface area contributed by atoms with Gasteiger partial charge in [-0.1, -0.05) is 0 Å². The lowest BCUT2D eigenvalue weighted by Gasteiger charge is -2.39. The predicted octanol–water partition coefficient (Wildman–Crippen LogP) is 1.54. The predicted molar refractivity (Wildman–Crippen MR) is 67.2 cm³/mol. The molecule has 0 radical (unpaired) electrons. The van der Waals surface area contributed by atoms with Gasteiger partial charge in [-0.25, -0.2) is 4.79 Å². The Morgan fingerprint density at radius 2 is 2.26 bits per heavy atom. The average molecular weight is 261 g/mol. The Bertz CT molecular complexity index is 626. The molecule has 1 fully saturated rings. The molecule has 1 aliphatic carbocycles. The topological polar surface area (TPSA) is 76.7 Å². The van der Waals surface area contributed by atoms with Gasteiger partial charge in [0, 0.05) is 19.7 Å². The van der Waals surface area contributed by atoms with Crippen molar-refractivity contribution >= 4 is 11.6 Å². The summed E-state index contributed by atoms with van der Waals surface area (Å²) >= 11 is 0. The van der Waals surface area contributed by atoms with Gasteiger partial charge >= 0.3 is 5.97 Å². The van der Waals surface area contributed by atoms with Gasteiger partial charge in [-0.3, -0.25) is 4.40 Å². The van der Waals surface area contributed by atoms with Crippen LogP contribution < -0.4 is 0 Å². The van der Waals surface area contributed by atoms with E-state index >= 15 is 0 Å². The summed E-state index contributed by atoms with van der Waals surface area (Å²) in [5.41, 5.74) is 0.738. The van der Waals surface area contributed by atoms with Crippen molar-refractivity contribution in [1.82, 2.24) is 14.6 Å². The van der Waals surface area contributed by atoms with Gasteiger partial charge in [0.15, 0.2) is 5.65 Å². The summed E-state index contributed by atoms with van der Waals surface area (Å²) in [7, 11) is 1.71. The Hall–Kier alpha value is -1.95. The van der Waals surface area contributed by atoms with Crippen molar-refractivity contribution in [2.75, 3.05) is 7.11 Å². The molecule has 0 spiro atoms. The van der Waals surface area contributed by atoms with Crippen LogP contribution in [0.4, 0.5) is 0 Å². The second-order valence-electron chi connectivity index (χ2n) is 4.98. The molecule has 0 atom stereocenters. The number of aromatic carboxylic acids is 1. The molecule has 0 aliphatic heterocycles. The third-order valence-electron chi connectivity index (χ3n) is 3.90. The molecule has 0 aromatic carbocycles. The van der Waals surface area contributed by atoms with Gasteiger partial charge in [0.2, 0.25) is 0 Å². The number of carboxylic acid groups (broad SMARTS) is 1. The first-order valence-corrected chi connectivity index (χ1v) is 6.26. The number of hydrogen-bond acceptors (Lipinski definition) is 4. The lowest BCUT2D eigenvalue weighted by atomic mass is 9.77. The maximum absolute atomic E-state index is 11.0. The number of carbonyl (C=O) groups is 1. The molecule has 19 heavy (non-hydrogen) atoms. The molecule has 1 aliphatic rings. The van der Waals surface area contributed by atoms with E-state index in [1.807, 2.05) is 0 Å². The number of rotatable bonds is 4. The van der Waals surface area contributed by atoms with Crippen molar-refractivity contribution in [3.05, 3.63) is 29.7 Å². The van der Waals surface area contributed by atoms with Crippen molar-refractivity contribution in [1.29, 1.82) is 0 Å². The van der Waals surface area contributed by atoms with Crippen LogP contribution in [-0.4, -0.2) is 38.4 Å². The van der Waals surface area contributed by atoms with Crippen molar-refractivity contribution in [3.63, 3.8) is 0 Å². The van der Waals surface area contributed by atoms with Gasteiger partial charge < -0.3 is 9.84 Å². The normalized spacial score (nSPS) is 17.3. The van der Waals surface area contributed by atoms with Gasteiger partial charge in [-0.05, 0) is 31.4 Å². The van der Waals surface area contributed by atoms with Crippen LogP contribution in [0.5, 0.6) is 0 Å². The fourth-order valence-corrected chi connectivity index (χ4v) is 2.50. The first-order chi connectivity index (χ1) is 9.13. The molecule has 6 nitrogen and oxygen atoms in total. The van der Waals surface area contributed by atoms with E-state index in [0.717, 1.165) is 25.1 Å². The van der Waals surface area contributed by atoms with E-state index in [0.29, 0.717) is 12.1 Å². The molecule has 2 aromatic rings. The second-order valence-corrected chi connectivity index (χ2v) is 4.98. The fourth-order valence-electron chi connectivity index (χ4n) is 2.50. The van der Waals surface area contributed by atoms with Crippen LogP contribution in [0.15, 0.2) is 18.3 Å². The average Bonchev–Trinajstić information content (AvgIpc) is 2.76. The van der Waals surface area contributed by atoms with E-state index < -0.39 is 5.97 Å². The largest absolute Gasteiger partial charge is 0.478 e. The Kier molecular flexibility index (Phi) is 2.74. The zero-order valence-corrected chi connectivity index (χ0v) is 10.7. The number of methoxy groups -OCH3 is 1. The highest BCUT2D eigenvalue weighted by atomic mass is 16.5. The number of fused-ring (bicyclic) bond motifs is 1. The standard InChI is InChI=1S/C13H15N3O3/c1-19-13(5-2-6-13)7-11-15-14-10-4-3-9(12(17)18)8-16(10)11/h3-4,8H,2,5-7H2,1H3,(H,17,18). The van der Waals surface area contributed by atoms with Crippen LogP contribution >= 0.6 is 0 Å². The summed E-state index contributed by atoms with van der Waals surface area (Å²) < 4.78 is 7.31. The highest BCUT2D eigenvalue weighted by molar-refractivity contribution is 5.87. The zero-order chi connectivity index (χ0) is 13.5. The third kappa shape index (κ3) is 1.98. The number of pyridine rings is 1. The summed E-state index contributed by atoms with van der Waals surface area (Å²) in [5, 5.41) is 17.2. The summed E-state index contributed by atoms with van der Waals surface area (Å²) in [5.74, 6) is -0.203. The molecule has 2 aromatic heterocycles. The highest BCUT2D eigenvalue weighted by Crippen LogP contribution is 2.37. The zero-order valence-electron chi connectivity index (χ0n) is 10.7. The second kappa shape index (κ2) is 4.31. The van der Waals surface area contributed by atoms with E-state index in [4.69, 9.17) is 9.84 Å². The third-order valence-corrected chi connectivity index (χ3v) is 3.90. The minimum absolute atomic E-state index is 0.151. The molecule has 100 valence electrons. The number of ether oxygens (including phenoxy) is 1. The van der Waals surface area contributed by atoms with E-state index in [1.54, 1.807) is 23.8 Å². The smallest absolute Gasteiger partial charge is 0.337 e. The lowest BCUT2D eigenvalue weighted by Crippen LogP contribution is -2.41. The molecule has 3 rings (SSSR count). The Morgan fingerprint density at radius 3 is 2.84 bits per heavy atom. The number of aromatic nitrogens is 3. The van der Waals surface area contributed by atoms with Crippen LogP contribution in [0.3, 0.4) is 0 Å². The number of carboxylic acids is 1. The summed E-state index contributed by atoms with van der Waals surface area (Å²) in [6.07, 6.45) is 5.40. The molecule has 0 saturated heterocycles. The Labute approximate surface area is 110 Å². The molecule has 0 bridgehead atoms. The molecule has 0 unspecified atom stereocenters. The minimum Gasteiger partial charge on any atom is -0.478 e. The van der Waals surface area contributed by atoms with E-state index in [9.17, 15) is 4.79 Å². The van der Waals surface area contributed by atoms with Gasteiger partial charge in [-0.15, -0.1) is 10.2 Å². The van der Waals surface area contributed by atoms with Gasteiger partial charge in [0.05, 0.1) is 11.2 Å². The van der Waals surface area contributed by atoms with Gasteiger partial charge in [-0.2, -0.15) is 0 Å². The summed E-state index contributed by atoms with van der Waals surface area (Å²) in [6.45, 7) is 0. The van der Waals surface area contributed by atoms with Crippen molar-refractivity contribution in [2.45, 2.75) is 31.3 Å². The summed E-state index contributed by atoms with van der Waals surface area (Å²) in [6, 6.07) is 3.20. The fraction of sp³-hybridized carbons (Fsp3) is 0.462. The number of hydrogen-bond donors (Lipinski definition) is 1. The first-order valence-electron chi connectivity index (χ1n) is 6.26. The van der Waals surface area contributed by atoms with Crippen molar-refractivity contribution in [2.24, 2.45) is 0 Å². The summed E-state index contributed by atoms with van der Waals surface area (Å²) in [4.78, 5) is 11.0. The van der Waals surface area contributed by atoms with Crippen molar-refractivity contribution < 1.29 is 14.6 Å². The number of nitrogens with zero attached hydrogens (tertiary/aromatic N) is 3. The van der Waals surface area contributed by atoms with Gasteiger partial charge in [0.25, 0.3) is 0 Å². The molecular formula is C13H15N3O3. The molecule has 1 N–H and O–H groups in total. The van der Waals surface area contributed by atoms with Crippen LogP contribution in [0.2, 0.25) is 0 Å². The van der Waals surface area contributed by atoms with E-state index in [-0.39, 0.29) is 11.2 Å². The first kappa shape index (κ1) is 12.1. The lowest BCUT2D eigenvalue weighted by molar-refractivity contribution is -0.0722. The van der Waals surface area contributed by atoms with Crippen LogP contribution in [-0.2, 0) is 11.2 Å².